The molecule has 0 aliphatic rings. The number of fused-ring (bicyclic) bond motifs is 1. The average Bonchev–Trinajstić information content (AvgIpc) is 2.69. The molecule has 1 aromatic heterocycles. The van der Waals surface area contributed by atoms with E-state index in [9.17, 15) is 9.59 Å². The highest BCUT2D eigenvalue weighted by atomic mass is 16.3. The van der Waals surface area contributed by atoms with E-state index in [2.05, 4.69) is 5.32 Å². The molecule has 0 fully saturated rings. The van der Waals surface area contributed by atoms with Crippen LogP contribution in [0.15, 0.2) is 34.8 Å². The molecule has 2 aromatic rings. The first-order chi connectivity index (χ1) is 9.49. The van der Waals surface area contributed by atoms with E-state index in [1.54, 1.807) is 13.0 Å². The predicted octanol–water partition coefficient (Wildman–Crippen LogP) is 2.92. The first-order valence-corrected chi connectivity index (χ1v) is 6.44. The van der Waals surface area contributed by atoms with Crippen LogP contribution in [0.4, 0.5) is 0 Å². The lowest BCUT2D eigenvalue weighted by atomic mass is 10.1. The molecule has 4 heteroatoms. The quantitative estimate of drug-likeness (QED) is 0.870. The number of benzene rings is 1. The number of aryl methyl sites for hydroxylation is 2. The number of carbonyl (C=O) groups excluding carboxylic acids is 2. The molecule has 0 saturated carbocycles. The zero-order chi connectivity index (χ0) is 14.7. The summed E-state index contributed by atoms with van der Waals surface area (Å²) in [6.07, 6.45) is 3.06. The molecule has 1 aromatic carbocycles. The van der Waals surface area contributed by atoms with Crippen molar-refractivity contribution in [2.75, 3.05) is 6.54 Å². The van der Waals surface area contributed by atoms with Gasteiger partial charge in [0.2, 0.25) is 0 Å². The molecular formula is C16H17NO3. The molecule has 20 heavy (non-hydrogen) atoms. The number of hydrogen-bond acceptors (Lipinski definition) is 3. The Bertz CT molecular complexity index is 695. The lowest BCUT2D eigenvalue weighted by Gasteiger charge is -2.01. The van der Waals surface area contributed by atoms with Crippen molar-refractivity contribution in [3.63, 3.8) is 0 Å². The molecule has 0 radical (unpaired) electrons. The van der Waals surface area contributed by atoms with Crippen LogP contribution in [0.5, 0.6) is 0 Å². The van der Waals surface area contributed by atoms with Crippen LogP contribution in [-0.2, 0) is 4.79 Å². The first-order valence-electron chi connectivity index (χ1n) is 6.44. The van der Waals surface area contributed by atoms with E-state index in [1.165, 1.54) is 13.0 Å². The molecule has 0 bridgehead atoms. The zero-order valence-electron chi connectivity index (χ0n) is 11.8. The van der Waals surface area contributed by atoms with E-state index in [-0.39, 0.29) is 11.7 Å². The molecule has 0 saturated heterocycles. The van der Waals surface area contributed by atoms with Gasteiger partial charge in [0.1, 0.15) is 11.3 Å². The minimum absolute atomic E-state index is 0.0418. The first kappa shape index (κ1) is 14.1. The van der Waals surface area contributed by atoms with Gasteiger partial charge in [-0.1, -0.05) is 17.7 Å². The Morgan fingerprint density at radius 1 is 1.30 bits per heavy atom. The molecular weight excluding hydrogens is 254 g/mol. The van der Waals surface area contributed by atoms with Crippen LogP contribution in [0.25, 0.3) is 11.0 Å². The molecule has 0 aliphatic carbocycles. The van der Waals surface area contributed by atoms with Crippen molar-refractivity contribution in [2.24, 2.45) is 0 Å². The molecule has 1 N–H and O–H groups in total. The molecule has 1 heterocycles. The van der Waals surface area contributed by atoms with Gasteiger partial charge in [-0.2, -0.15) is 0 Å². The Labute approximate surface area is 117 Å². The fourth-order valence-electron chi connectivity index (χ4n) is 2.08. The highest BCUT2D eigenvalue weighted by Gasteiger charge is 2.17. The van der Waals surface area contributed by atoms with Crippen molar-refractivity contribution in [2.45, 2.75) is 20.8 Å². The number of allylic oxidation sites excluding steroid dienone is 1. The van der Waals surface area contributed by atoms with Gasteiger partial charge in [0, 0.05) is 11.9 Å². The average molecular weight is 271 g/mol. The Morgan fingerprint density at radius 2 is 2.05 bits per heavy atom. The van der Waals surface area contributed by atoms with Crippen molar-refractivity contribution in [1.82, 2.24) is 5.32 Å². The summed E-state index contributed by atoms with van der Waals surface area (Å²) in [7, 11) is 0. The number of hydrogen-bond donors (Lipinski definition) is 1. The van der Waals surface area contributed by atoms with Crippen LogP contribution in [0.3, 0.4) is 0 Å². The van der Waals surface area contributed by atoms with Crippen LogP contribution in [0.2, 0.25) is 0 Å². The van der Waals surface area contributed by atoms with Crippen LogP contribution in [0.1, 0.15) is 28.6 Å². The minimum atomic E-state index is -0.194. The number of ketones is 1. The monoisotopic (exact) mass is 271 g/mol. The van der Waals surface area contributed by atoms with Gasteiger partial charge in [-0.05, 0) is 39.0 Å². The van der Waals surface area contributed by atoms with Crippen molar-refractivity contribution in [3.05, 3.63) is 47.2 Å². The Balaban J connectivity index is 2.23. The Kier molecular flexibility index (Phi) is 4.03. The van der Waals surface area contributed by atoms with Crippen LogP contribution in [-0.4, -0.2) is 18.2 Å². The second-order valence-electron chi connectivity index (χ2n) is 4.76. The van der Waals surface area contributed by atoms with Crippen LogP contribution in [0, 0.1) is 13.8 Å². The summed E-state index contributed by atoms with van der Waals surface area (Å²) >= 11 is 0. The number of carbonyl (C=O) groups is 2. The van der Waals surface area contributed by atoms with Crippen molar-refractivity contribution < 1.29 is 14.0 Å². The molecule has 0 spiro atoms. The van der Waals surface area contributed by atoms with E-state index in [0.29, 0.717) is 23.5 Å². The van der Waals surface area contributed by atoms with E-state index in [1.807, 2.05) is 25.1 Å². The summed E-state index contributed by atoms with van der Waals surface area (Å²) in [6.45, 7) is 5.53. The van der Waals surface area contributed by atoms with E-state index in [0.717, 1.165) is 10.9 Å². The van der Waals surface area contributed by atoms with Crippen molar-refractivity contribution >= 4 is 22.7 Å². The number of furan rings is 1. The second kappa shape index (κ2) is 5.74. The fourth-order valence-corrected chi connectivity index (χ4v) is 2.08. The number of nitrogens with one attached hydrogen (secondary N) is 1. The molecule has 1 amide bonds. The van der Waals surface area contributed by atoms with Gasteiger partial charge in [0.05, 0.1) is 5.56 Å². The summed E-state index contributed by atoms with van der Waals surface area (Å²) < 4.78 is 5.59. The maximum absolute atomic E-state index is 12.2. The van der Waals surface area contributed by atoms with Gasteiger partial charge in [-0.25, -0.2) is 0 Å². The van der Waals surface area contributed by atoms with Crippen molar-refractivity contribution in [1.29, 1.82) is 0 Å². The summed E-state index contributed by atoms with van der Waals surface area (Å²) in [5.41, 5.74) is 2.33. The maximum Gasteiger partial charge on any atom is 0.255 e. The minimum Gasteiger partial charge on any atom is -0.461 e. The molecule has 0 atom stereocenters. The largest absolute Gasteiger partial charge is 0.461 e. The molecule has 0 unspecified atom stereocenters. The fraction of sp³-hybridized carbons (Fsp3) is 0.250. The third-order valence-corrected chi connectivity index (χ3v) is 2.98. The summed E-state index contributed by atoms with van der Waals surface area (Å²) in [4.78, 5) is 23.0. The molecule has 0 aliphatic heterocycles. The van der Waals surface area contributed by atoms with Crippen LogP contribution < -0.4 is 5.32 Å². The Morgan fingerprint density at radius 3 is 2.75 bits per heavy atom. The van der Waals surface area contributed by atoms with Gasteiger partial charge in [-0.3, -0.25) is 9.59 Å². The van der Waals surface area contributed by atoms with Gasteiger partial charge in [0.25, 0.3) is 5.91 Å². The molecule has 104 valence electrons. The lowest BCUT2D eigenvalue weighted by Crippen LogP contribution is -2.23. The lowest BCUT2D eigenvalue weighted by molar-refractivity contribution is -0.112. The molecule has 2 rings (SSSR count). The standard InChI is InChI=1S/C16H17NO3/c1-10-6-7-14-13(9-10)15(12(3)20-14)16(19)17-8-4-5-11(2)18/h4-7,9H,8H2,1-3H3,(H,17,19)/b5-4+. The van der Waals surface area contributed by atoms with Gasteiger partial charge < -0.3 is 9.73 Å². The van der Waals surface area contributed by atoms with Gasteiger partial charge >= 0.3 is 0 Å². The maximum atomic E-state index is 12.2. The predicted molar refractivity (Wildman–Crippen MR) is 77.8 cm³/mol. The highest BCUT2D eigenvalue weighted by molar-refractivity contribution is 6.07. The van der Waals surface area contributed by atoms with Gasteiger partial charge in [0.15, 0.2) is 5.78 Å². The van der Waals surface area contributed by atoms with Gasteiger partial charge in [-0.15, -0.1) is 0 Å². The summed E-state index contributed by atoms with van der Waals surface area (Å²) in [6, 6.07) is 5.75. The zero-order valence-corrected chi connectivity index (χ0v) is 11.8. The summed E-state index contributed by atoms with van der Waals surface area (Å²) in [5.74, 6) is 0.360. The number of amides is 1. The van der Waals surface area contributed by atoms with Crippen LogP contribution >= 0.6 is 0 Å². The third kappa shape index (κ3) is 2.96. The second-order valence-corrected chi connectivity index (χ2v) is 4.76. The van der Waals surface area contributed by atoms with Crippen molar-refractivity contribution in [3.8, 4) is 0 Å². The number of rotatable bonds is 4. The summed E-state index contributed by atoms with van der Waals surface area (Å²) in [5, 5.41) is 3.57. The third-order valence-electron chi connectivity index (χ3n) is 2.98. The SMILES string of the molecule is CC(=O)/C=C/CNC(=O)c1c(C)oc2ccc(C)cc12. The normalized spacial score (nSPS) is 11.2. The molecule has 4 nitrogen and oxygen atoms in total. The van der Waals surface area contributed by atoms with E-state index >= 15 is 0 Å². The Hall–Kier alpha value is -2.36. The smallest absolute Gasteiger partial charge is 0.255 e. The topological polar surface area (TPSA) is 59.3 Å². The van der Waals surface area contributed by atoms with E-state index < -0.39 is 0 Å². The van der Waals surface area contributed by atoms with E-state index in [4.69, 9.17) is 4.42 Å². The highest BCUT2D eigenvalue weighted by Crippen LogP contribution is 2.26.